The Balaban J connectivity index is 1.86. The van der Waals surface area contributed by atoms with Crippen LogP contribution in [0.15, 0.2) is 29.2 Å². The van der Waals surface area contributed by atoms with Gasteiger partial charge in [-0.05, 0) is 55.4 Å². The molecule has 120 valence electrons. The van der Waals surface area contributed by atoms with Gasteiger partial charge in [0.15, 0.2) is 0 Å². The van der Waals surface area contributed by atoms with Crippen molar-refractivity contribution in [2.24, 2.45) is 0 Å². The Bertz CT molecular complexity index is 531. The number of hydrogen-bond acceptors (Lipinski definition) is 3. The van der Waals surface area contributed by atoms with Crippen molar-refractivity contribution in [3.05, 3.63) is 29.8 Å². The zero-order chi connectivity index (χ0) is 16.2. The third kappa shape index (κ3) is 5.63. The number of rotatable bonds is 4. The first kappa shape index (κ1) is 17.9. The fourth-order valence-electron chi connectivity index (χ4n) is 2.49. The number of nitrogens with zero attached hydrogens (tertiary/aromatic N) is 2. The predicted octanol–water partition coefficient (Wildman–Crippen LogP) is 4.98. The molecule has 0 aliphatic carbocycles. The summed E-state index contributed by atoms with van der Waals surface area (Å²) in [7, 11) is 0. The van der Waals surface area contributed by atoms with Gasteiger partial charge in [0.2, 0.25) is 0 Å². The molecule has 0 unspecified atom stereocenters. The van der Waals surface area contributed by atoms with Crippen LogP contribution in [0.2, 0.25) is 0 Å². The van der Waals surface area contributed by atoms with Crippen molar-refractivity contribution in [3.8, 4) is 6.07 Å². The summed E-state index contributed by atoms with van der Waals surface area (Å²) in [6, 6.07) is 8.81. The van der Waals surface area contributed by atoms with Crippen LogP contribution in [-0.4, -0.2) is 26.9 Å². The molecule has 0 amide bonds. The number of piperidine rings is 1. The van der Waals surface area contributed by atoms with Gasteiger partial charge in [-0.1, -0.05) is 34.7 Å². The second kappa shape index (κ2) is 7.41. The van der Waals surface area contributed by atoms with E-state index >= 15 is 0 Å². The predicted molar refractivity (Wildman–Crippen MR) is 89.8 cm³/mol. The Morgan fingerprint density at radius 1 is 1.23 bits per heavy atom. The van der Waals surface area contributed by atoms with E-state index in [4.69, 9.17) is 5.26 Å². The largest absolute Gasteiger partial charge is 0.446 e. The molecule has 1 heterocycles. The molecule has 0 N–H and O–H groups in total. The summed E-state index contributed by atoms with van der Waals surface area (Å²) in [6.07, 6.45) is 2.52. The van der Waals surface area contributed by atoms with Crippen LogP contribution in [0.5, 0.6) is 0 Å². The fraction of sp³-hybridized carbons (Fsp3) is 0.533. The van der Waals surface area contributed by atoms with Crippen molar-refractivity contribution in [3.63, 3.8) is 0 Å². The third-order valence-electron chi connectivity index (χ3n) is 3.71. The van der Waals surface area contributed by atoms with Crippen LogP contribution in [0.25, 0.3) is 0 Å². The van der Waals surface area contributed by atoms with Gasteiger partial charge in [0.05, 0.1) is 6.07 Å². The van der Waals surface area contributed by atoms with Gasteiger partial charge in [-0.15, -0.1) is 0 Å². The number of halogens is 4. The minimum Gasteiger partial charge on any atom is -0.299 e. The van der Waals surface area contributed by atoms with Crippen LogP contribution in [-0.2, 0) is 6.54 Å². The van der Waals surface area contributed by atoms with Crippen LogP contribution in [0.4, 0.5) is 13.2 Å². The molecule has 1 aromatic rings. The summed E-state index contributed by atoms with van der Waals surface area (Å²) >= 11 is 2.30. The molecule has 1 saturated heterocycles. The lowest BCUT2D eigenvalue weighted by Crippen LogP contribution is -2.40. The quantitative estimate of drug-likeness (QED) is 0.376. The second-order valence-electron chi connectivity index (χ2n) is 5.45. The molecule has 0 spiro atoms. The zero-order valence-electron chi connectivity index (χ0n) is 11.9. The monoisotopic (exact) mass is 440 g/mol. The van der Waals surface area contributed by atoms with Gasteiger partial charge in [0.25, 0.3) is 0 Å². The standard InChI is InChI=1S/C15H16F3IN2S/c16-15(17,18)22-13-3-1-12(2-4-13)11-21-9-6-14(19,5-8-20)7-10-21/h1-4H,5-7,9-11H2. The highest BCUT2D eigenvalue weighted by molar-refractivity contribution is 14.1. The first-order valence-corrected chi connectivity index (χ1v) is 8.82. The molecule has 0 bridgehead atoms. The molecule has 0 radical (unpaired) electrons. The van der Waals surface area contributed by atoms with Crippen molar-refractivity contribution in [2.75, 3.05) is 13.1 Å². The second-order valence-corrected chi connectivity index (χ2v) is 8.88. The van der Waals surface area contributed by atoms with E-state index in [1.807, 2.05) is 0 Å². The first-order chi connectivity index (χ1) is 10.3. The van der Waals surface area contributed by atoms with Gasteiger partial charge in [0.1, 0.15) is 0 Å². The average Bonchev–Trinajstić information content (AvgIpc) is 2.42. The Morgan fingerprint density at radius 3 is 2.32 bits per heavy atom. The average molecular weight is 440 g/mol. The fourth-order valence-corrected chi connectivity index (χ4v) is 3.68. The summed E-state index contributed by atoms with van der Waals surface area (Å²) in [5, 5.41) is 8.84. The highest BCUT2D eigenvalue weighted by Crippen LogP contribution is 2.37. The Morgan fingerprint density at radius 2 is 1.82 bits per heavy atom. The van der Waals surface area contributed by atoms with E-state index in [1.165, 1.54) is 12.1 Å². The lowest BCUT2D eigenvalue weighted by Gasteiger charge is -2.36. The molecule has 1 aliphatic heterocycles. The van der Waals surface area contributed by atoms with Crippen molar-refractivity contribution >= 4 is 34.4 Å². The number of benzene rings is 1. The number of likely N-dealkylation sites (tertiary alicyclic amines) is 1. The molecular weight excluding hydrogens is 424 g/mol. The summed E-state index contributed by atoms with van der Waals surface area (Å²) in [6.45, 7) is 2.59. The van der Waals surface area contributed by atoms with Gasteiger partial charge in [0, 0.05) is 21.3 Å². The lowest BCUT2D eigenvalue weighted by atomic mass is 9.94. The number of thioether (sulfide) groups is 1. The third-order valence-corrected chi connectivity index (χ3v) is 5.91. The lowest BCUT2D eigenvalue weighted by molar-refractivity contribution is -0.0328. The molecule has 1 aliphatic rings. The number of alkyl halides is 4. The summed E-state index contributed by atoms with van der Waals surface area (Å²) in [4.78, 5) is 2.51. The molecule has 0 atom stereocenters. The van der Waals surface area contributed by atoms with Crippen molar-refractivity contribution in [1.29, 1.82) is 5.26 Å². The van der Waals surface area contributed by atoms with Crippen LogP contribution < -0.4 is 0 Å². The summed E-state index contributed by atoms with van der Waals surface area (Å²) < 4.78 is 36.9. The molecule has 22 heavy (non-hydrogen) atoms. The van der Waals surface area contributed by atoms with E-state index in [-0.39, 0.29) is 20.1 Å². The van der Waals surface area contributed by atoms with Gasteiger partial charge in [-0.3, -0.25) is 4.90 Å². The first-order valence-electron chi connectivity index (χ1n) is 6.93. The van der Waals surface area contributed by atoms with Gasteiger partial charge in [-0.25, -0.2) is 0 Å². The van der Waals surface area contributed by atoms with E-state index < -0.39 is 5.51 Å². The van der Waals surface area contributed by atoms with Crippen molar-refractivity contribution in [2.45, 2.75) is 39.6 Å². The molecule has 7 heteroatoms. The van der Waals surface area contributed by atoms with Crippen LogP contribution >= 0.6 is 34.4 Å². The van der Waals surface area contributed by atoms with Gasteiger partial charge in [-0.2, -0.15) is 18.4 Å². The number of nitriles is 1. The molecule has 1 aromatic carbocycles. The van der Waals surface area contributed by atoms with Crippen LogP contribution in [0.1, 0.15) is 24.8 Å². The minimum atomic E-state index is -4.24. The van der Waals surface area contributed by atoms with Gasteiger partial charge < -0.3 is 0 Å². The van der Waals surface area contributed by atoms with E-state index in [1.54, 1.807) is 12.1 Å². The van der Waals surface area contributed by atoms with E-state index in [0.29, 0.717) is 6.42 Å². The SMILES string of the molecule is N#CCC1(I)CCN(Cc2ccc(SC(F)(F)F)cc2)CC1. The van der Waals surface area contributed by atoms with Crippen molar-refractivity contribution in [1.82, 2.24) is 4.90 Å². The highest BCUT2D eigenvalue weighted by Gasteiger charge is 2.32. The van der Waals surface area contributed by atoms with Crippen LogP contribution in [0, 0.1) is 11.3 Å². The van der Waals surface area contributed by atoms with E-state index in [2.05, 4.69) is 33.6 Å². The maximum absolute atomic E-state index is 12.3. The summed E-state index contributed by atoms with van der Waals surface area (Å²) in [5.41, 5.74) is -3.22. The van der Waals surface area contributed by atoms with Gasteiger partial charge >= 0.3 is 5.51 Å². The molecular formula is C15H16F3IN2S. The maximum atomic E-state index is 12.3. The Hall–Kier alpha value is -0.460. The highest BCUT2D eigenvalue weighted by atomic mass is 127. The molecule has 0 aromatic heterocycles. The smallest absolute Gasteiger partial charge is 0.299 e. The maximum Gasteiger partial charge on any atom is 0.446 e. The van der Waals surface area contributed by atoms with Crippen molar-refractivity contribution < 1.29 is 13.2 Å². The topological polar surface area (TPSA) is 27.0 Å². The molecule has 0 saturated carbocycles. The Labute approximate surface area is 146 Å². The van der Waals surface area contributed by atoms with Crippen LogP contribution in [0.3, 0.4) is 0 Å². The molecule has 2 nitrogen and oxygen atoms in total. The van der Waals surface area contributed by atoms with E-state index in [9.17, 15) is 13.2 Å². The zero-order valence-corrected chi connectivity index (χ0v) is 14.8. The normalized spacial score (nSPS) is 18.9. The van der Waals surface area contributed by atoms with E-state index in [0.717, 1.165) is 38.0 Å². The summed E-state index contributed by atoms with van der Waals surface area (Å²) in [5.74, 6) is 0. The molecule has 2 rings (SSSR count). The number of hydrogen-bond donors (Lipinski definition) is 0. The minimum absolute atomic E-state index is 0.0796. The Kier molecular flexibility index (Phi) is 6.02. The molecule has 1 fully saturated rings.